The predicted octanol–water partition coefficient (Wildman–Crippen LogP) is 3.21. The Kier molecular flexibility index (Phi) is 5.86. The highest BCUT2D eigenvalue weighted by molar-refractivity contribution is 6.04. The minimum atomic E-state index is -0.0690. The number of ketones is 1. The van der Waals surface area contributed by atoms with Gasteiger partial charge in [0.1, 0.15) is 5.75 Å². The molecule has 0 N–H and O–H groups in total. The molecule has 0 heterocycles. The smallest absolute Gasteiger partial charge is 0.188 e. The lowest BCUT2D eigenvalue weighted by atomic mass is 10.1. The van der Waals surface area contributed by atoms with Crippen LogP contribution in [0.15, 0.2) is 36.6 Å². The standard InChI is InChI=1S/C14H18O3/c1-3-10-17-13-7-5-12(6-8-13)14(15)9-11-16-4-2/h5-9,11H,3-4,10H2,1-2H3. The van der Waals surface area contributed by atoms with Gasteiger partial charge in [0, 0.05) is 11.6 Å². The van der Waals surface area contributed by atoms with Crippen LogP contribution in [0.25, 0.3) is 0 Å². The first-order valence-corrected chi connectivity index (χ1v) is 5.83. The summed E-state index contributed by atoms with van der Waals surface area (Å²) in [6.45, 7) is 5.18. The van der Waals surface area contributed by atoms with Crippen LogP contribution in [0.1, 0.15) is 30.6 Å². The van der Waals surface area contributed by atoms with E-state index in [2.05, 4.69) is 6.92 Å². The highest BCUT2D eigenvalue weighted by atomic mass is 16.5. The van der Waals surface area contributed by atoms with Crippen LogP contribution in [0.3, 0.4) is 0 Å². The fourth-order valence-electron chi connectivity index (χ4n) is 1.24. The molecule has 3 heteroatoms. The van der Waals surface area contributed by atoms with Crippen LogP contribution in [-0.4, -0.2) is 19.0 Å². The first-order valence-electron chi connectivity index (χ1n) is 5.83. The largest absolute Gasteiger partial charge is 0.501 e. The number of ether oxygens (including phenoxy) is 2. The topological polar surface area (TPSA) is 35.5 Å². The second-order valence-corrected chi connectivity index (χ2v) is 3.50. The van der Waals surface area contributed by atoms with Gasteiger partial charge < -0.3 is 9.47 Å². The lowest BCUT2D eigenvalue weighted by Gasteiger charge is -2.04. The molecule has 1 rings (SSSR count). The molecule has 3 nitrogen and oxygen atoms in total. The number of carbonyl (C=O) groups is 1. The number of rotatable bonds is 7. The Labute approximate surface area is 102 Å². The maximum Gasteiger partial charge on any atom is 0.188 e. The van der Waals surface area contributed by atoms with Crippen molar-refractivity contribution >= 4 is 5.78 Å². The summed E-state index contributed by atoms with van der Waals surface area (Å²) in [6.07, 6.45) is 3.81. The van der Waals surface area contributed by atoms with Gasteiger partial charge in [-0.2, -0.15) is 0 Å². The van der Waals surface area contributed by atoms with Crippen LogP contribution in [0, 0.1) is 0 Å². The second-order valence-electron chi connectivity index (χ2n) is 3.50. The van der Waals surface area contributed by atoms with Gasteiger partial charge in [-0.05, 0) is 37.6 Å². The third kappa shape index (κ3) is 4.72. The Hall–Kier alpha value is -1.77. The summed E-state index contributed by atoms with van der Waals surface area (Å²) < 4.78 is 10.4. The minimum Gasteiger partial charge on any atom is -0.501 e. The number of allylic oxidation sites excluding steroid dienone is 1. The van der Waals surface area contributed by atoms with E-state index >= 15 is 0 Å². The van der Waals surface area contributed by atoms with Crippen LogP contribution >= 0.6 is 0 Å². The highest BCUT2D eigenvalue weighted by Gasteiger charge is 2.01. The van der Waals surface area contributed by atoms with Crippen molar-refractivity contribution in [2.45, 2.75) is 20.3 Å². The van der Waals surface area contributed by atoms with Crippen molar-refractivity contribution in [3.8, 4) is 5.75 Å². The first kappa shape index (κ1) is 13.3. The quantitative estimate of drug-likeness (QED) is 0.413. The Morgan fingerprint density at radius 3 is 2.53 bits per heavy atom. The van der Waals surface area contributed by atoms with Gasteiger partial charge in [-0.1, -0.05) is 6.92 Å². The van der Waals surface area contributed by atoms with Crippen molar-refractivity contribution in [3.63, 3.8) is 0 Å². The lowest BCUT2D eigenvalue weighted by Crippen LogP contribution is -1.97. The molecule has 0 unspecified atom stereocenters. The van der Waals surface area contributed by atoms with E-state index in [1.165, 1.54) is 12.3 Å². The van der Waals surface area contributed by atoms with E-state index in [1.54, 1.807) is 24.3 Å². The molecule has 0 aromatic heterocycles. The normalized spacial score (nSPS) is 10.5. The summed E-state index contributed by atoms with van der Waals surface area (Å²) in [5.41, 5.74) is 0.629. The van der Waals surface area contributed by atoms with Crippen LogP contribution < -0.4 is 4.74 Å². The Balaban J connectivity index is 2.57. The highest BCUT2D eigenvalue weighted by Crippen LogP contribution is 2.13. The van der Waals surface area contributed by atoms with Gasteiger partial charge in [-0.3, -0.25) is 4.79 Å². The molecule has 1 aromatic rings. The van der Waals surface area contributed by atoms with Gasteiger partial charge >= 0.3 is 0 Å². The summed E-state index contributed by atoms with van der Waals surface area (Å²) >= 11 is 0. The van der Waals surface area contributed by atoms with Gasteiger partial charge in [0.15, 0.2) is 5.78 Å². The van der Waals surface area contributed by atoms with Gasteiger partial charge in [0.25, 0.3) is 0 Å². The van der Waals surface area contributed by atoms with E-state index in [-0.39, 0.29) is 5.78 Å². The molecule has 0 saturated heterocycles. The van der Waals surface area contributed by atoms with Crippen LogP contribution in [0.5, 0.6) is 5.75 Å². The lowest BCUT2D eigenvalue weighted by molar-refractivity contribution is 0.104. The molecule has 0 aliphatic heterocycles. The van der Waals surface area contributed by atoms with E-state index in [0.717, 1.165) is 12.2 Å². The maximum atomic E-state index is 11.6. The molecule has 17 heavy (non-hydrogen) atoms. The number of carbonyl (C=O) groups excluding carboxylic acids is 1. The van der Waals surface area contributed by atoms with E-state index in [4.69, 9.17) is 9.47 Å². The van der Waals surface area contributed by atoms with Crippen molar-refractivity contribution in [2.24, 2.45) is 0 Å². The average Bonchev–Trinajstić information content (AvgIpc) is 2.37. The van der Waals surface area contributed by atoms with Crippen LogP contribution in [0.2, 0.25) is 0 Å². The zero-order valence-corrected chi connectivity index (χ0v) is 10.3. The van der Waals surface area contributed by atoms with Gasteiger partial charge in [-0.15, -0.1) is 0 Å². The van der Waals surface area contributed by atoms with Crippen molar-refractivity contribution < 1.29 is 14.3 Å². The number of benzene rings is 1. The third-order valence-electron chi connectivity index (χ3n) is 2.09. The fourth-order valence-corrected chi connectivity index (χ4v) is 1.24. The van der Waals surface area contributed by atoms with E-state index in [9.17, 15) is 4.79 Å². The molecule has 0 fully saturated rings. The first-order chi connectivity index (χ1) is 8.27. The zero-order chi connectivity index (χ0) is 12.5. The van der Waals surface area contributed by atoms with E-state index in [1.807, 2.05) is 6.92 Å². The fraction of sp³-hybridized carbons (Fsp3) is 0.357. The van der Waals surface area contributed by atoms with Gasteiger partial charge in [-0.25, -0.2) is 0 Å². The van der Waals surface area contributed by atoms with E-state index < -0.39 is 0 Å². The SMILES string of the molecule is CCCOc1ccc(C(=O)C=COCC)cc1. The molecule has 0 amide bonds. The Morgan fingerprint density at radius 2 is 1.94 bits per heavy atom. The molecule has 0 bridgehead atoms. The summed E-state index contributed by atoms with van der Waals surface area (Å²) in [5, 5.41) is 0. The second kappa shape index (κ2) is 7.49. The number of hydrogen-bond acceptors (Lipinski definition) is 3. The van der Waals surface area contributed by atoms with Gasteiger partial charge in [0.2, 0.25) is 0 Å². The Bertz CT molecular complexity index is 366. The monoisotopic (exact) mass is 234 g/mol. The van der Waals surface area contributed by atoms with Crippen molar-refractivity contribution in [1.82, 2.24) is 0 Å². The van der Waals surface area contributed by atoms with Gasteiger partial charge in [0.05, 0.1) is 19.5 Å². The molecule has 0 saturated carbocycles. The van der Waals surface area contributed by atoms with Crippen molar-refractivity contribution in [1.29, 1.82) is 0 Å². The zero-order valence-electron chi connectivity index (χ0n) is 10.3. The van der Waals surface area contributed by atoms with E-state index in [0.29, 0.717) is 18.8 Å². The number of hydrogen-bond donors (Lipinski definition) is 0. The summed E-state index contributed by atoms with van der Waals surface area (Å²) in [7, 11) is 0. The third-order valence-corrected chi connectivity index (χ3v) is 2.09. The van der Waals surface area contributed by atoms with Crippen molar-refractivity contribution in [2.75, 3.05) is 13.2 Å². The molecule has 92 valence electrons. The Morgan fingerprint density at radius 1 is 1.24 bits per heavy atom. The average molecular weight is 234 g/mol. The molecule has 1 aromatic carbocycles. The molecular weight excluding hydrogens is 216 g/mol. The van der Waals surface area contributed by atoms with Crippen molar-refractivity contribution in [3.05, 3.63) is 42.2 Å². The minimum absolute atomic E-state index is 0.0690. The molecule has 0 aliphatic rings. The molecule has 0 radical (unpaired) electrons. The summed E-state index contributed by atoms with van der Waals surface area (Å²) in [5.74, 6) is 0.720. The molecule has 0 atom stereocenters. The molecular formula is C14H18O3. The van der Waals surface area contributed by atoms with Crippen LogP contribution in [-0.2, 0) is 4.74 Å². The van der Waals surface area contributed by atoms with Crippen LogP contribution in [0.4, 0.5) is 0 Å². The molecule has 0 aliphatic carbocycles. The maximum absolute atomic E-state index is 11.6. The molecule has 0 spiro atoms. The summed E-state index contributed by atoms with van der Waals surface area (Å²) in [6, 6.07) is 7.11. The summed E-state index contributed by atoms with van der Waals surface area (Å²) in [4.78, 5) is 11.6. The predicted molar refractivity (Wildman–Crippen MR) is 67.3 cm³/mol.